The highest BCUT2D eigenvalue weighted by Crippen LogP contribution is 2.21. The Labute approximate surface area is 216 Å². The first-order valence-corrected chi connectivity index (χ1v) is 13.6. The Kier molecular flexibility index (Phi) is 11.3. The Morgan fingerprint density at radius 3 is 1.74 bits per heavy atom. The molecule has 192 valence electrons. The number of carbonyl (C=O) groups excluding carboxylic acids is 2. The van der Waals surface area contributed by atoms with Crippen molar-refractivity contribution < 1.29 is 14.1 Å². The molecular weight excluding hydrogens is 456 g/mol. The molecule has 2 rings (SSSR count). The van der Waals surface area contributed by atoms with Crippen LogP contribution in [0.3, 0.4) is 0 Å². The van der Waals surface area contributed by atoms with E-state index in [0.717, 1.165) is 69.4 Å². The molecule has 6 nitrogen and oxygen atoms in total. The predicted octanol–water partition coefficient (Wildman–Crippen LogP) is 4.98. The first-order chi connectivity index (χ1) is 16.6. The van der Waals surface area contributed by atoms with Crippen molar-refractivity contribution in [1.82, 2.24) is 4.90 Å². The zero-order chi connectivity index (χ0) is 26.0. The van der Waals surface area contributed by atoms with Gasteiger partial charge in [0.1, 0.15) is 0 Å². The number of hydrogen-bond acceptors (Lipinski definition) is 4. The molecule has 2 amide bonds. The van der Waals surface area contributed by atoms with Gasteiger partial charge in [0.15, 0.2) is 6.54 Å². The molecule has 2 N–H and O–H groups in total. The maximum atomic E-state index is 12.9. The third kappa shape index (κ3) is 8.67. The van der Waals surface area contributed by atoms with Crippen LogP contribution in [0.4, 0.5) is 11.4 Å². The quantitative estimate of drug-likeness (QED) is 0.232. The van der Waals surface area contributed by atoms with Gasteiger partial charge in [-0.05, 0) is 70.8 Å². The highest BCUT2D eigenvalue weighted by Gasteiger charge is 2.27. The van der Waals surface area contributed by atoms with Gasteiger partial charge in [0, 0.05) is 23.0 Å². The molecule has 0 atom stereocenters. The summed E-state index contributed by atoms with van der Waals surface area (Å²) < 4.78 is 0.751. The summed E-state index contributed by atoms with van der Waals surface area (Å²) in [5, 5.41) is 6.20. The van der Waals surface area contributed by atoms with Crippen LogP contribution in [0.5, 0.6) is 0 Å². The molecular formula is C28H43N4O2S+. The lowest BCUT2D eigenvalue weighted by Gasteiger charge is -2.36. The second-order valence-corrected chi connectivity index (χ2v) is 10.6. The summed E-state index contributed by atoms with van der Waals surface area (Å²) >= 11 is 1.81. The molecule has 0 saturated carbocycles. The van der Waals surface area contributed by atoms with Crippen LogP contribution in [0.15, 0.2) is 36.4 Å². The Bertz CT molecular complexity index is 964. The monoisotopic (exact) mass is 499 g/mol. The number of nitrogens with one attached hydrogen (secondary N) is 2. The molecule has 0 spiro atoms. The minimum atomic E-state index is 0.000847. The van der Waals surface area contributed by atoms with E-state index in [1.807, 2.05) is 87.8 Å². The lowest BCUT2D eigenvalue weighted by Crippen LogP contribution is -2.53. The van der Waals surface area contributed by atoms with E-state index in [4.69, 9.17) is 0 Å². The van der Waals surface area contributed by atoms with Crippen molar-refractivity contribution in [3.8, 4) is 0 Å². The molecule has 35 heavy (non-hydrogen) atoms. The fourth-order valence-electron chi connectivity index (χ4n) is 4.30. The molecule has 0 aliphatic heterocycles. The largest absolute Gasteiger partial charge is 0.324 e. The topological polar surface area (TPSA) is 61.4 Å². The van der Waals surface area contributed by atoms with E-state index in [9.17, 15) is 9.59 Å². The first-order valence-electron chi connectivity index (χ1n) is 12.4. The zero-order valence-corrected chi connectivity index (χ0v) is 23.3. The van der Waals surface area contributed by atoms with Gasteiger partial charge in [-0.2, -0.15) is 0 Å². The molecule has 0 aromatic heterocycles. The minimum absolute atomic E-state index is 0.000847. The fraction of sp³-hybridized carbons (Fsp3) is 0.500. The summed E-state index contributed by atoms with van der Waals surface area (Å²) in [7, 11) is 1.97. The van der Waals surface area contributed by atoms with Crippen molar-refractivity contribution in [2.24, 2.45) is 0 Å². The van der Waals surface area contributed by atoms with Gasteiger partial charge >= 0.3 is 0 Å². The number of para-hydroxylation sites is 2. The number of amides is 2. The lowest BCUT2D eigenvalue weighted by atomic mass is 10.1. The predicted molar refractivity (Wildman–Crippen MR) is 150 cm³/mol. The number of benzene rings is 2. The second-order valence-electron chi connectivity index (χ2n) is 9.54. The number of quaternary nitrogens is 1. The number of anilines is 2. The SMILES string of the molecule is CC[N+](CC)(CCSCN(C)CC(=O)Nc1c(C)cccc1C)CC(=O)Nc1c(C)cccc1C. The molecule has 2 aromatic rings. The third-order valence-electron chi connectivity index (χ3n) is 6.75. The summed E-state index contributed by atoms with van der Waals surface area (Å²) in [6.45, 7) is 15.9. The molecule has 0 radical (unpaired) electrons. The Morgan fingerprint density at radius 2 is 1.29 bits per heavy atom. The number of thioether (sulfide) groups is 1. The van der Waals surface area contributed by atoms with Crippen LogP contribution in [-0.4, -0.2) is 72.6 Å². The van der Waals surface area contributed by atoms with E-state index in [1.165, 1.54) is 0 Å². The second kappa shape index (κ2) is 13.7. The molecule has 0 saturated heterocycles. The van der Waals surface area contributed by atoms with Gasteiger partial charge in [0.05, 0.1) is 26.2 Å². The molecule has 0 fully saturated rings. The highest BCUT2D eigenvalue weighted by atomic mass is 32.2. The first kappa shape index (κ1) is 28.9. The number of hydrogen-bond donors (Lipinski definition) is 2. The fourth-order valence-corrected chi connectivity index (χ4v) is 5.35. The lowest BCUT2D eigenvalue weighted by molar-refractivity contribution is -0.914. The van der Waals surface area contributed by atoms with E-state index in [0.29, 0.717) is 13.1 Å². The Morgan fingerprint density at radius 1 is 0.829 bits per heavy atom. The van der Waals surface area contributed by atoms with E-state index in [-0.39, 0.29) is 11.8 Å². The summed E-state index contributed by atoms with van der Waals surface area (Å²) in [5.41, 5.74) is 6.16. The van der Waals surface area contributed by atoms with Gasteiger partial charge in [-0.1, -0.05) is 36.4 Å². The number of carbonyl (C=O) groups is 2. The standard InChI is InChI=1S/C28H42N4O2S/c1-8-32(9-2,19-26(34)30-28-23(5)14-11-15-24(28)6)16-17-35-20-31(7)18-25(33)29-27-21(3)12-10-13-22(27)4/h10-15H,8-9,16-20H2,1-7H3,(H-,29,30,33,34)/p+1. The summed E-state index contributed by atoms with van der Waals surface area (Å²) in [4.78, 5) is 27.5. The van der Waals surface area contributed by atoms with Gasteiger partial charge in [-0.25, -0.2) is 0 Å². The van der Waals surface area contributed by atoms with Crippen LogP contribution in [0, 0.1) is 27.7 Å². The van der Waals surface area contributed by atoms with Crippen LogP contribution in [0.2, 0.25) is 0 Å². The highest BCUT2D eigenvalue weighted by molar-refractivity contribution is 7.99. The van der Waals surface area contributed by atoms with E-state index >= 15 is 0 Å². The summed E-state index contributed by atoms with van der Waals surface area (Å²) in [6.07, 6.45) is 0. The average molecular weight is 500 g/mol. The zero-order valence-electron chi connectivity index (χ0n) is 22.5. The number of nitrogens with zero attached hydrogens (tertiary/aromatic N) is 2. The Balaban J connectivity index is 1.82. The molecule has 0 bridgehead atoms. The summed E-state index contributed by atoms with van der Waals surface area (Å²) in [6, 6.07) is 12.1. The van der Waals surface area contributed by atoms with Crippen molar-refractivity contribution in [1.29, 1.82) is 0 Å². The Hall–Kier alpha value is -2.35. The van der Waals surface area contributed by atoms with Gasteiger partial charge in [0.25, 0.3) is 5.91 Å². The molecule has 0 heterocycles. The molecule has 7 heteroatoms. The van der Waals surface area contributed by atoms with E-state index in [1.54, 1.807) is 0 Å². The molecule has 0 aliphatic rings. The number of rotatable bonds is 13. The van der Waals surface area contributed by atoms with Crippen LogP contribution in [0.1, 0.15) is 36.1 Å². The van der Waals surface area contributed by atoms with E-state index < -0.39 is 0 Å². The maximum absolute atomic E-state index is 12.9. The minimum Gasteiger partial charge on any atom is -0.324 e. The molecule has 0 unspecified atom stereocenters. The smallest absolute Gasteiger partial charge is 0.279 e. The molecule has 2 aromatic carbocycles. The van der Waals surface area contributed by atoms with Gasteiger partial charge < -0.3 is 15.1 Å². The molecule has 0 aliphatic carbocycles. The maximum Gasteiger partial charge on any atom is 0.279 e. The summed E-state index contributed by atoms with van der Waals surface area (Å²) in [5.74, 6) is 1.76. The van der Waals surface area contributed by atoms with E-state index in [2.05, 4.69) is 24.5 Å². The van der Waals surface area contributed by atoms with Crippen LogP contribution < -0.4 is 10.6 Å². The average Bonchev–Trinajstić information content (AvgIpc) is 2.81. The van der Waals surface area contributed by atoms with Gasteiger partial charge in [0.2, 0.25) is 5.91 Å². The van der Waals surface area contributed by atoms with Crippen LogP contribution in [0.25, 0.3) is 0 Å². The van der Waals surface area contributed by atoms with Crippen LogP contribution >= 0.6 is 11.8 Å². The number of likely N-dealkylation sites (N-methyl/N-ethyl adjacent to an activating group) is 2. The van der Waals surface area contributed by atoms with Crippen molar-refractivity contribution in [3.63, 3.8) is 0 Å². The van der Waals surface area contributed by atoms with Crippen LogP contribution in [-0.2, 0) is 9.59 Å². The normalized spacial score (nSPS) is 11.5. The van der Waals surface area contributed by atoms with Crippen molar-refractivity contribution in [2.75, 3.05) is 62.0 Å². The van der Waals surface area contributed by atoms with Gasteiger partial charge in [-0.3, -0.25) is 14.5 Å². The number of aryl methyl sites for hydroxylation is 4. The van der Waals surface area contributed by atoms with Crippen molar-refractivity contribution in [2.45, 2.75) is 41.5 Å². The van der Waals surface area contributed by atoms with Crippen molar-refractivity contribution in [3.05, 3.63) is 58.7 Å². The van der Waals surface area contributed by atoms with Gasteiger partial charge in [-0.15, -0.1) is 11.8 Å². The van der Waals surface area contributed by atoms with Crippen molar-refractivity contribution >= 4 is 35.0 Å². The third-order valence-corrected chi connectivity index (χ3v) is 7.84.